The molecule has 0 aliphatic carbocycles. The second-order valence-corrected chi connectivity index (χ2v) is 4.20. The second-order valence-electron chi connectivity index (χ2n) is 4.20. The molecule has 1 N–H and O–H groups in total. The highest BCUT2D eigenvalue weighted by Crippen LogP contribution is 2.17. The summed E-state index contributed by atoms with van der Waals surface area (Å²) in [4.78, 5) is 23.1. The molecule has 0 saturated carbocycles. The van der Waals surface area contributed by atoms with Crippen molar-refractivity contribution in [1.29, 1.82) is 0 Å². The lowest BCUT2D eigenvalue weighted by atomic mass is 9.99. The van der Waals surface area contributed by atoms with Crippen LogP contribution in [0.15, 0.2) is 47.3 Å². The van der Waals surface area contributed by atoms with Crippen LogP contribution in [0.5, 0.6) is 5.88 Å². The van der Waals surface area contributed by atoms with Gasteiger partial charge in [-0.05, 0) is 5.56 Å². The van der Waals surface area contributed by atoms with Gasteiger partial charge in [0.05, 0.1) is 13.7 Å². The molecule has 1 aromatic carbocycles. The number of aliphatic carboxylic acids is 1. The predicted octanol–water partition coefficient (Wildman–Crippen LogP) is 1.12. The van der Waals surface area contributed by atoms with Crippen LogP contribution in [0.2, 0.25) is 0 Å². The minimum absolute atomic E-state index is 0.0462. The van der Waals surface area contributed by atoms with E-state index in [0.29, 0.717) is 5.56 Å². The lowest BCUT2D eigenvalue weighted by molar-refractivity contribution is -0.139. The van der Waals surface area contributed by atoms with Crippen LogP contribution >= 0.6 is 0 Å². The van der Waals surface area contributed by atoms with Crippen molar-refractivity contribution < 1.29 is 14.6 Å². The van der Waals surface area contributed by atoms with Gasteiger partial charge in [-0.25, -0.2) is 4.68 Å². The van der Waals surface area contributed by atoms with Gasteiger partial charge in [0.1, 0.15) is 5.92 Å². The van der Waals surface area contributed by atoms with Gasteiger partial charge in [-0.1, -0.05) is 30.3 Å². The molecule has 0 radical (unpaired) electrons. The summed E-state index contributed by atoms with van der Waals surface area (Å²) in [6.45, 7) is -0.0462. The Bertz CT molecular complexity index is 652. The second kappa shape index (κ2) is 6.01. The zero-order chi connectivity index (χ0) is 14.5. The average Bonchev–Trinajstić information content (AvgIpc) is 2.47. The molecular formula is C14H14N2O4. The van der Waals surface area contributed by atoms with E-state index in [9.17, 15) is 14.7 Å². The van der Waals surface area contributed by atoms with E-state index in [1.807, 2.05) is 0 Å². The molecule has 6 nitrogen and oxygen atoms in total. The summed E-state index contributed by atoms with van der Waals surface area (Å²) < 4.78 is 6.04. The topological polar surface area (TPSA) is 81.4 Å². The van der Waals surface area contributed by atoms with Gasteiger partial charge in [-0.2, -0.15) is 0 Å². The lowest BCUT2D eigenvalue weighted by Gasteiger charge is -2.14. The van der Waals surface area contributed by atoms with E-state index < -0.39 is 11.9 Å². The first-order chi connectivity index (χ1) is 9.61. The molecule has 0 spiro atoms. The number of hydrogen-bond donors (Lipinski definition) is 1. The van der Waals surface area contributed by atoms with Crippen molar-refractivity contribution in [2.45, 2.75) is 12.5 Å². The fourth-order valence-electron chi connectivity index (χ4n) is 1.85. The van der Waals surface area contributed by atoms with Gasteiger partial charge >= 0.3 is 5.97 Å². The Labute approximate surface area is 115 Å². The minimum Gasteiger partial charge on any atom is -0.481 e. The van der Waals surface area contributed by atoms with E-state index in [0.717, 1.165) is 4.68 Å². The zero-order valence-electron chi connectivity index (χ0n) is 10.9. The summed E-state index contributed by atoms with van der Waals surface area (Å²) in [7, 11) is 1.43. The van der Waals surface area contributed by atoms with Gasteiger partial charge < -0.3 is 9.84 Å². The van der Waals surface area contributed by atoms with Crippen molar-refractivity contribution in [3.63, 3.8) is 0 Å². The molecule has 0 aliphatic rings. The van der Waals surface area contributed by atoms with E-state index in [1.54, 1.807) is 30.3 Å². The van der Waals surface area contributed by atoms with Crippen LogP contribution in [-0.4, -0.2) is 28.0 Å². The predicted molar refractivity (Wildman–Crippen MR) is 71.9 cm³/mol. The molecule has 1 unspecified atom stereocenters. The number of benzene rings is 1. The van der Waals surface area contributed by atoms with Gasteiger partial charge in [0.25, 0.3) is 5.56 Å². The van der Waals surface area contributed by atoms with E-state index in [-0.39, 0.29) is 18.0 Å². The first kappa shape index (κ1) is 13.8. The summed E-state index contributed by atoms with van der Waals surface area (Å²) in [5.74, 6) is -1.58. The van der Waals surface area contributed by atoms with Crippen LogP contribution in [0.3, 0.4) is 0 Å². The van der Waals surface area contributed by atoms with Crippen LogP contribution in [0.1, 0.15) is 11.5 Å². The maximum atomic E-state index is 11.7. The largest absolute Gasteiger partial charge is 0.481 e. The van der Waals surface area contributed by atoms with Crippen molar-refractivity contribution in [3.05, 3.63) is 58.4 Å². The molecule has 104 valence electrons. The number of aromatic nitrogens is 2. The molecule has 0 fully saturated rings. The number of carboxylic acids is 1. The van der Waals surface area contributed by atoms with E-state index in [1.165, 1.54) is 19.2 Å². The van der Waals surface area contributed by atoms with Crippen molar-refractivity contribution in [2.75, 3.05) is 7.11 Å². The highest BCUT2D eigenvalue weighted by molar-refractivity contribution is 5.75. The van der Waals surface area contributed by atoms with E-state index >= 15 is 0 Å². The third kappa shape index (κ3) is 3.03. The Morgan fingerprint density at radius 1 is 1.30 bits per heavy atom. The lowest BCUT2D eigenvalue weighted by Crippen LogP contribution is -2.28. The molecule has 1 atom stereocenters. The Balaban J connectivity index is 2.34. The number of ether oxygens (including phenoxy) is 1. The number of methoxy groups -OCH3 is 1. The maximum Gasteiger partial charge on any atom is 0.312 e. The highest BCUT2D eigenvalue weighted by atomic mass is 16.5. The Kier molecular flexibility index (Phi) is 4.14. The molecule has 1 heterocycles. The third-order valence-corrected chi connectivity index (χ3v) is 2.91. The van der Waals surface area contributed by atoms with Crippen LogP contribution < -0.4 is 10.3 Å². The first-order valence-electron chi connectivity index (χ1n) is 6.01. The van der Waals surface area contributed by atoms with Crippen molar-refractivity contribution in [3.8, 4) is 5.88 Å². The normalized spacial score (nSPS) is 11.8. The molecular weight excluding hydrogens is 260 g/mol. The molecule has 6 heteroatoms. The molecule has 0 bridgehead atoms. The summed E-state index contributed by atoms with van der Waals surface area (Å²) in [6.07, 6.45) is 0. The average molecular weight is 274 g/mol. The van der Waals surface area contributed by atoms with Gasteiger partial charge in [-0.3, -0.25) is 9.59 Å². The molecule has 0 aliphatic heterocycles. The monoisotopic (exact) mass is 274 g/mol. The van der Waals surface area contributed by atoms with Gasteiger partial charge in [0, 0.05) is 12.1 Å². The molecule has 0 amide bonds. The standard InChI is InChI=1S/C14H14N2O4/c1-20-12-7-8-13(17)16(15-12)9-11(14(18)19)10-5-3-2-4-6-10/h2-8,11H,9H2,1H3,(H,18,19). The molecule has 2 rings (SSSR count). The van der Waals surface area contributed by atoms with Crippen molar-refractivity contribution >= 4 is 5.97 Å². The maximum absolute atomic E-state index is 11.7. The summed E-state index contributed by atoms with van der Waals surface area (Å²) in [5.41, 5.74) is 0.254. The van der Waals surface area contributed by atoms with Crippen LogP contribution in [-0.2, 0) is 11.3 Å². The number of carboxylic acid groups (broad SMARTS) is 1. The van der Waals surface area contributed by atoms with Gasteiger partial charge in [-0.15, -0.1) is 5.10 Å². The SMILES string of the molecule is COc1ccc(=O)n(CC(C(=O)O)c2ccccc2)n1. The van der Waals surface area contributed by atoms with Crippen LogP contribution in [0.25, 0.3) is 0 Å². The van der Waals surface area contributed by atoms with Gasteiger partial charge in [0.2, 0.25) is 5.88 Å². The summed E-state index contributed by atoms with van der Waals surface area (Å²) in [5, 5.41) is 13.3. The van der Waals surface area contributed by atoms with Crippen molar-refractivity contribution in [2.24, 2.45) is 0 Å². The quantitative estimate of drug-likeness (QED) is 0.883. The molecule has 1 aromatic heterocycles. The number of rotatable bonds is 5. The Hall–Kier alpha value is -2.63. The number of nitrogens with zero attached hydrogens (tertiary/aromatic N) is 2. The fraction of sp³-hybridized carbons (Fsp3) is 0.214. The summed E-state index contributed by atoms with van der Waals surface area (Å²) >= 11 is 0. The smallest absolute Gasteiger partial charge is 0.312 e. The Morgan fingerprint density at radius 2 is 2.00 bits per heavy atom. The fourth-order valence-corrected chi connectivity index (χ4v) is 1.85. The third-order valence-electron chi connectivity index (χ3n) is 2.91. The number of hydrogen-bond acceptors (Lipinski definition) is 4. The molecule has 0 saturated heterocycles. The molecule has 2 aromatic rings. The van der Waals surface area contributed by atoms with Crippen LogP contribution in [0.4, 0.5) is 0 Å². The Morgan fingerprint density at radius 3 is 2.60 bits per heavy atom. The number of carbonyl (C=O) groups is 1. The summed E-state index contributed by atoms with van der Waals surface area (Å²) in [6, 6.07) is 11.5. The van der Waals surface area contributed by atoms with E-state index in [4.69, 9.17) is 4.74 Å². The van der Waals surface area contributed by atoms with Gasteiger partial charge in [0.15, 0.2) is 0 Å². The van der Waals surface area contributed by atoms with E-state index in [2.05, 4.69) is 5.10 Å². The first-order valence-corrected chi connectivity index (χ1v) is 6.01. The minimum atomic E-state index is -1.01. The van der Waals surface area contributed by atoms with Crippen molar-refractivity contribution in [1.82, 2.24) is 9.78 Å². The molecule has 20 heavy (non-hydrogen) atoms. The van der Waals surface area contributed by atoms with Crippen LogP contribution in [0, 0.1) is 0 Å². The highest BCUT2D eigenvalue weighted by Gasteiger charge is 2.21. The zero-order valence-corrected chi connectivity index (χ0v) is 10.9.